The molecule has 8 nitrogen and oxygen atoms in total. The second-order valence-electron chi connectivity index (χ2n) is 8.29. The predicted molar refractivity (Wildman–Crippen MR) is 122 cm³/mol. The van der Waals surface area contributed by atoms with Gasteiger partial charge in [0.05, 0.1) is 29.9 Å². The molecule has 0 saturated carbocycles. The van der Waals surface area contributed by atoms with Gasteiger partial charge in [-0.15, -0.1) is 0 Å². The molecule has 4 aromatic rings. The van der Waals surface area contributed by atoms with Gasteiger partial charge < -0.3 is 4.74 Å². The van der Waals surface area contributed by atoms with E-state index in [9.17, 15) is 8.42 Å². The molecule has 0 unspecified atom stereocenters. The fraction of sp³-hybridized carbons (Fsp3) is 0.304. The number of sulfonamides is 1. The summed E-state index contributed by atoms with van der Waals surface area (Å²) < 4.78 is 35.3. The fourth-order valence-electron chi connectivity index (χ4n) is 4.54. The first-order chi connectivity index (χ1) is 15.5. The SMILES string of the molecule is COc1cccc(S(=O)(=O)N2C[C@H](Cn3ncc4cc(-c5cn[nH]c5)ccc43)C[C@@H]2C)c1. The van der Waals surface area contributed by atoms with Gasteiger partial charge in [-0.2, -0.15) is 14.5 Å². The molecule has 1 N–H and O–H groups in total. The summed E-state index contributed by atoms with van der Waals surface area (Å²) in [5, 5.41) is 12.5. The molecule has 0 aliphatic carbocycles. The van der Waals surface area contributed by atoms with Crippen molar-refractivity contribution in [1.82, 2.24) is 24.3 Å². The molecule has 32 heavy (non-hydrogen) atoms. The Morgan fingerprint density at radius 3 is 2.81 bits per heavy atom. The van der Waals surface area contributed by atoms with Crippen LogP contribution in [-0.4, -0.2) is 52.4 Å². The summed E-state index contributed by atoms with van der Waals surface area (Å²) in [6, 6.07) is 12.8. The number of aromatic nitrogens is 4. The predicted octanol–water partition coefficient (Wildman–Crippen LogP) is 3.53. The van der Waals surface area contributed by atoms with E-state index in [0.29, 0.717) is 18.8 Å². The standard InChI is InChI=1S/C23H25N5O3S/c1-16-8-17(15-28(16)32(29,30)22-5-3-4-21(10-22)31-2)14-27-23-7-6-18(9-19(23)13-26-27)20-11-24-25-12-20/h3-7,9-13,16-17H,8,14-15H2,1-2H3,(H,24,25)/t16-,17-/m0/s1. The maximum atomic E-state index is 13.3. The molecule has 0 radical (unpaired) electrons. The lowest BCUT2D eigenvalue weighted by atomic mass is 10.1. The Hall–Kier alpha value is -3.17. The molecule has 1 aliphatic heterocycles. The quantitative estimate of drug-likeness (QED) is 0.484. The van der Waals surface area contributed by atoms with Crippen LogP contribution in [0.5, 0.6) is 5.75 Å². The van der Waals surface area contributed by atoms with Gasteiger partial charge in [0, 0.05) is 42.3 Å². The lowest BCUT2D eigenvalue weighted by molar-refractivity contribution is 0.394. The minimum atomic E-state index is -3.59. The van der Waals surface area contributed by atoms with Gasteiger partial charge in [0.15, 0.2) is 0 Å². The summed E-state index contributed by atoms with van der Waals surface area (Å²) in [5.41, 5.74) is 3.15. The Labute approximate surface area is 186 Å². The zero-order chi connectivity index (χ0) is 22.3. The molecule has 0 amide bonds. The Kier molecular flexibility index (Phi) is 5.22. The Bertz CT molecular complexity index is 1350. The van der Waals surface area contributed by atoms with E-state index in [-0.39, 0.29) is 16.9 Å². The number of methoxy groups -OCH3 is 1. The van der Waals surface area contributed by atoms with Crippen LogP contribution >= 0.6 is 0 Å². The van der Waals surface area contributed by atoms with E-state index in [2.05, 4.69) is 33.5 Å². The van der Waals surface area contributed by atoms with Crippen LogP contribution in [0.3, 0.4) is 0 Å². The van der Waals surface area contributed by atoms with E-state index in [0.717, 1.165) is 28.5 Å². The van der Waals surface area contributed by atoms with E-state index in [4.69, 9.17) is 4.74 Å². The highest BCUT2D eigenvalue weighted by Gasteiger charge is 2.38. The average Bonchev–Trinajstić information content (AvgIpc) is 3.54. The minimum Gasteiger partial charge on any atom is -0.497 e. The lowest BCUT2D eigenvalue weighted by Gasteiger charge is -2.21. The van der Waals surface area contributed by atoms with Crippen molar-refractivity contribution in [2.45, 2.75) is 30.8 Å². The summed E-state index contributed by atoms with van der Waals surface area (Å²) in [6.07, 6.45) is 6.31. The van der Waals surface area contributed by atoms with Gasteiger partial charge in [0.25, 0.3) is 0 Å². The number of ether oxygens (including phenoxy) is 1. The largest absolute Gasteiger partial charge is 0.497 e. The van der Waals surface area contributed by atoms with Gasteiger partial charge in [-0.1, -0.05) is 12.1 Å². The van der Waals surface area contributed by atoms with Crippen molar-refractivity contribution in [2.24, 2.45) is 5.92 Å². The molecule has 0 bridgehead atoms. The van der Waals surface area contributed by atoms with Gasteiger partial charge in [0.1, 0.15) is 5.75 Å². The van der Waals surface area contributed by atoms with E-state index < -0.39 is 10.0 Å². The third kappa shape index (κ3) is 3.67. The monoisotopic (exact) mass is 451 g/mol. The topological polar surface area (TPSA) is 93.1 Å². The van der Waals surface area contributed by atoms with Crippen molar-refractivity contribution in [3.05, 3.63) is 61.1 Å². The Morgan fingerprint density at radius 1 is 1.16 bits per heavy atom. The third-order valence-corrected chi connectivity index (χ3v) is 8.13. The molecule has 9 heteroatoms. The third-order valence-electron chi connectivity index (χ3n) is 6.16. The number of rotatable bonds is 6. The molecule has 5 rings (SSSR count). The molecular weight excluding hydrogens is 426 g/mol. The fourth-order valence-corrected chi connectivity index (χ4v) is 6.29. The smallest absolute Gasteiger partial charge is 0.243 e. The van der Waals surface area contributed by atoms with Crippen molar-refractivity contribution < 1.29 is 13.2 Å². The second kappa shape index (κ2) is 8.07. The van der Waals surface area contributed by atoms with Crippen LogP contribution in [0.15, 0.2) is 66.0 Å². The summed E-state index contributed by atoms with van der Waals surface area (Å²) in [4.78, 5) is 0.265. The Morgan fingerprint density at radius 2 is 2.03 bits per heavy atom. The van der Waals surface area contributed by atoms with Crippen LogP contribution < -0.4 is 4.74 Å². The van der Waals surface area contributed by atoms with Gasteiger partial charge in [0.2, 0.25) is 10.0 Å². The highest BCUT2D eigenvalue weighted by atomic mass is 32.2. The van der Waals surface area contributed by atoms with Gasteiger partial charge in [-0.05, 0) is 49.1 Å². The first kappa shape index (κ1) is 20.7. The van der Waals surface area contributed by atoms with Gasteiger partial charge >= 0.3 is 0 Å². The minimum absolute atomic E-state index is 0.0780. The number of hydrogen-bond acceptors (Lipinski definition) is 5. The number of nitrogens with one attached hydrogen (secondary N) is 1. The van der Waals surface area contributed by atoms with Gasteiger partial charge in [-0.25, -0.2) is 8.42 Å². The van der Waals surface area contributed by atoms with Crippen LogP contribution in [0.1, 0.15) is 13.3 Å². The maximum Gasteiger partial charge on any atom is 0.243 e. The van der Waals surface area contributed by atoms with Gasteiger partial charge in [-0.3, -0.25) is 9.78 Å². The number of aromatic amines is 1. The summed E-state index contributed by atoms with van der Waals surface area (Å²) >= 11 is 0. The lowest BCUT2D eigenvalue weighted by Crippen LogP contribution is -2.34. The van der Waals surface area contributed by atoms with E-state index in [1.54, 1.807) is 34.8 Å². The summed E-state index contributed by atoms with van der Waals surface area (Å²) in [6.45, 7) is 3.11. The van der Waals surface area contributed by atoms with Crippen LogP contribution in [0.2, 0.25) is 0 Å². The first-order valence-electron chi connectivity index (χ1n) is 10.6. The van der Waals surface area contributed by atoms with Crippen molar-refractivity contribution >= 4 is 20.9 Å². The van der Waals surface area contributed by atoms with Crippen LogP contribution in [-0.2, 0) is 16.6 Å². The zero-order valence-electron chi connectivity index (χ0n) is 18.0. The number of hydrogen-bond donors (Lipinski definition) is 1. The molecule has 166 valence electrons. The van der Waals surface area contributed by atoms with E-state index in [1.165, 1.54) is 7.11 Å². The van der Waals surface area contributed by atoms with E-state index in [1.807, 2.05) is 24.0 Å². The molecule has 2 aromatic heterocycles. The van der Waals surface area contributed by atoms with Crippen LogP contribution in [0, 0.1) is 5.92 Å². The summed E-state index contributed by atoms with van der Waals surface area (Å²) in [7, 11) is -2.06. The van der Waals surface area contributed by atoms with Crippen molar-refractivity contribution in [1.29, 1.82) is 0 Å². The Balaban J connectivity index is 1.35. The molecule has 1 aliphatic rings. The highest BCUT2D eigenvalue weighted by molar-refractivity contribution is 7.89. The van der Waals surface area contributed by atoms with Crippen molar-refractivity contribution in [2.75, 3.05) is 13.7 Å². The molecule has 2 atom stereocenters. The van der Waals surface area contributed by atoms with Crippen molar-refractivity contribution in [3.8, 4) is 16.9 Å². The normalized spacial score (nSPS) is 19.6. The van der Waals surface area contributed by atoms with E-state index >= 15 is 0 Å². The molecular formula is C23H25N5O3S. The molecule has 2 aromatic carbocycles. The number of benzene rings is 2. The number of nitrogens with zero attached hydrogens (tertiary/aromatic N) is 4. The highest BCUT2D eigenvalue weighted by Crippen LogP contribution is 2.32. The number of H-pyrrole nitrogens is 1. The van der Waals surface area contributed by atoms with Crippen molar-refractivity contribution in [3.63, 3.8) is 0 Å². The maximum absolute atomic E-state index is 13.3. The molecule has 0 spiro atoms. The molecule has 1 saturated heterocycles. The second-order valence-corrected chi connectivity index (χ2v) is 10.2. The molecule has 1 fully saturated rings. The summed E-state index contributed by atoms with van der Waals surface area (Å²) in [5.74, 6) is 0.717. The van der Waals surface area contributed by atoms with Crippen LogP contribution in [0.25, 0.3) is 22.0 Å². The first-order valence-corrected chi connectivity index (χ1v) is 12.0. The average molecular weight is 452 g/mol. The zero-order valence-corrected chi connectivity index (χ0v) is 18.8. The molecule has 3 heterocycles. The van der Waals surface area contributed by atoms with Crippen LogP contribution in [0.4, 0.5) is 0 Å². The number of fused-ring (bicyclic) bond motifs is 1.